The van der Waals surface area contributed by atoms with E-state index in [1.807, 2.05) is 66.1 Å². The molecule has 0 aliphatic carbocycles. The second-order valence-electron chi connectivity index (χ2n) is 9.44. The fraction of sp³-hybridized carbons (Fsp3) is 0.118. The van der Waals surface area contributed by atoms with E-state index < -0.39 is 0 Å². The van der Waals surface area contributed by atoms with Gasteiger partial charge in [0.05, 0.1) is 10.3 Å². The molecule has 5 heteroatoms. The van der Waals surface area contributed by atoms with E-state index in [2.05, 4.69) is 74.1 Å². The van der Waals surface area contributed by atoms with Crippen molar-refractivity contribution in [3.05, 3.63) is 119 Å². The summed E-state index contributed by atoms with van der Waals surface area (Å²) in [6.07, 6.45) is 3.71. The van der Waals surface area contributed by atoms with Gasteiger partial charge in [0, 0.05) is 42.8 Å². The van der Waals surface area contributed by atoms with Crippen LogP contribution >= 0.6 is 11.3 Å². The third-order valence-corrected chi connectivity index (χ3v) is 8.24. The van der Waals surface area contributed by atoms with Crippen LogP contribution in [0.15, 0.2) is 89.6 Å². The number of pyridine rings is 2. The maximum absolute atomic E-state index is 6.43. The maximum atomic E-state index is 6.43. The van der Waals surface area contributed by atoms with Gasteiger partial charge >= 0.3 is 0 Å². The summed E-state index contributed by atoms with van der Waals surface area (Å²) in [5.41, 5.74) is 9.46. The number of aromatic nitrogens is 2. The van der Waals surface area contributed by atoms with Crippen LogP contribution in [0.25, 0.3) is 54.5 Å². The molecule has 0 saturated heterocycles. The number of hydrogen-bond acceptors (Lipinski definition) is 4. The smallest absolute Gasteiger partial charge is 0.138 e. The molecule has 0 aliphatic heterocycles. The number of furan rings is 1. The topological polar surface area (TPSA) is 38.9 Å². The normalized spacial score (nSPS) is 10.9. The van der Waals surface area contributed by atoms with E-state index in [4.69, 9.17) is 4.42 Å². The zero-order chi connectivity index (χ0) is 26.2. The van der Waals surface area contributed by atoms with Gasteiger partial charge in [0.15, 0.2) is 0 Å². The van der Waals surface area contributed by atoms with Crippen molar-refractivity contribution in [1.29, 1.82) is 0 Å². The van der Waals surface area contributed by atoms with Crippen molar-refractivity contribution in [3.63, 3.8) is 0 Å². The van der Waals surface area contributed by atoms with E-state index in [-0.39, 0.29) is 20.1 Å². The Morgan fingerprint density at radius 1 is 0.718 bits per heavy atom. The number of thiophene rings is 1. The molecule has 7 aromatic rings. The number of fused-ring (bicyclic) bond motifs is 5. The van der Waals surface area contributed by atoms with Crippen LogP contribution in [0.1, 0.15) is 21.6 Å². The van der Waals surface area contributed by atoms with Gasteiger partial charge in [-0.2, -0.15) is 0 Å². The number of nitrogens with zero attached hydrogens (tertiary/aromatic N) is 2. The molecule has 0 amide bonds. The van der Waals surface area contributed by atoms with Crippen LogP contribution in [0.3, 0.4) is 0 Å². The van der Waals surface area contributed by atoms with Crippen molar-refractivity contribution >= 4 is 43.4 Å². The fourth-order valence-electron chi connectivity index (χ4n) is 4.62. The molecule has 0 N–H and O–H groups in total. The molecule has 0 saturated carbocycles. The quantitative estimate of drug-likeness (QED) is 0.169. The largest absolute Gasteiger partial charge is 0.499 e. The molecule has 3 aromatic carbocycles. The standard InChI is InChI=1S/C23H18NOS.C11H8N.Ir/c1-12-10-20(24-11-13(12)2)19-7-5-6-17-18-9-8-16-14(3)15(4)26-23(16)22(18)25-21(17)19;1-2-6-10(7-3-1)11-8-4-5-9-12-11;/h5-6,8-11H,1-4H3;1-6,8-9H;/q2*-1;. The molecule has 0 atom stereocenters. The van der Waals surface area contributed by atoms with E-state index in [0.29, 0.717) is 0 Å². The van der Waals surface area contributed by atoms with Gasteiger partial charge in [-0.25, -0.2) is 0 Å². The van der Waals surface area contributed by atoms with Crippen LogP contribution in [0.2, 0.25) is 0 Å². The molecule has 39 heavy (non-hydrogen) atoms. The molecule has 195 valence electrons. The van der Waals surface area contributed by atoms with E-state index >= 15 is 0 Å². The molecular weight excluding hydrogens is 677 g/mol. The molecule has 0 aliphatic rings. The summed E-state index contributed by atoms with van der Waals surface area (Å²) in [6, 6.07) is 30.7. The van der Waals surface area contributed by atoms with Crippen LogP contribution < -0.4 is 0 Å². The minimum absolute atomic E-state index is 0. The zero-order valence-electron chi connectivity index (χ0n) is 22.1. The molecule has 4 heterocycles. The second-order valence-corrected chi connectivity index (χ2v) is 10.7. The van der Waals surface area contributed by atoms with Crippen LogP contribution in [0.5, 0.6) is 0 Å². The van der Waals surface area contributed by atoms with Gasteiger partial charge < -0.3 is 14.4 Å². The summed E-state index contributed by atoms with van der Waals surface area (Å²) in [6.45, 7) is 8.55. The number of hydrogen-bond donors (Lipinski definition) is 0. The summed E-state index contributed by atoms with van der Waals surface area (Å²) in [4.78, 5) is 10.2. The Morgan fingerprint density at radius 3 is 2.26 bits per heavy atom. The van der Waals surface area contributed by atoms with Gasteiger partial charge in [-0.1, -0.05) is 46.8 Å². The summed E-state index contributed by atoms with van der Waals surface area (Å²) in [7, 11) is 0. The fourth-order valence-corrected chi connectivity index (χ4v) is 5.77. The Kier molecular flexibility index (Phi) is 7.76. The monoisotopic (exact) mass is 703 g/mol. The van der Waals surface area contributed by atoms with Crippen LogP contribution in [-0.4, -0.2) is 9.97 Å². The summed E-state index contributed by atoms with van der Waals surface area (Å²) < 4.78 is 7.66. The summed E-state index contributed by atoms with van der Waals surface area (Å²) in [5.74, 6) is 0. The van der Waals surface area contributed by atoms with Crippen molar-refractivity contribution < 1.29 is 24.5 Å². The Labute approximate surface area is 245 Å². The van der Waals surface area contributed by atoms with E-state index in [1.54, 1.807) is 6.20 Å². The van der Waals surface area contributed by atoms with Crippen molar-refractivity contribution in [2.24, 2.45) is 0 Å². The van der Waals surface area contributed by atoms with Crippen LogP contribution in [0, 0.1) is 39.8 Å². The first-order chi connectivity index (χ1) is 18.5. The minimum atomic E-state index is 0. The van der Waals surface area contributed by atoms with Gasteiger partial charge in [-0.3, -0.25) is 0 Å². The molecule has 0 spiro atoms. The Bertz CT molecular complexity index is 1870. The number of benzene rings is 3. The third kappa shape index (κ3) is 5.06. The summed E-state index contributed by atoms with van der Waals surface area (Å²) in [5, 5.41) is 3.57. The van der Waals surface area contributed by atoms with Gasteiger partial charge in [-0.05, 0) is 61.7 Å². The van der Waals surface area contributed by atoms with Crippen molar-refractivity contribution in [2.45, 2.75) is 27.7 Å². The molecule has 0 fully saturated rings. The van der Waals surface area contributed by atoms with E-state index in [0.717, 1.165) is 44.5 Å². The predicted octanol–water partition coefficient (Wildman–Crippen LogP) is 9.44. The molecule has 1 radical (unpaired) electrons. The first kappa shape index (κ1) is 27.0. The van der Waals surface area contributed by atoms with Crippen molar-refractivity contribution in [3.8, 4) is 22.5 Å². The average Bonchev–Trinajstić information content (AvgIpc) is 3.48. The van der Waals surface area contributed by atoms with Gasteiger partial charge in [0.1, 0.15) is 5.58 Å². The molecule has 7 rings (SSSR count). The molecular formula is C34H26IrN2OS-2. The van der Waals surface area contributed by atoms with Crippen LogP contribution in [-0.2, 0) is 20.1 Å². The molecule has 0 bridgehead atoms. The first-order valence-corrected chi connectivity index (χ1v) is 13.4. The van der Waals surface area contributed by atoms with Gasteiger partial charge in [0.25, 0.3) is 0 Å². The van der Waals surface area contributed by atoms with E-state index in [9.17, 15) is 0 Å². The predicted molar refractivity (Wildman–Crippen MR) is 159 cm³/mol. The third-order valence-electron chi connectivity index (χ3n) is 7.02. The Morgan fingerprint density at radius 2 is 1.51 bits per heavy atom. The van der Waals surface area contributed by atoms with E-state index in [1.165, 1.54) is 31.7 Å². The van der Waals surface area contributed by atoms with Crippen molar-refractivity contribution in [2.75, 3.05) is 0 Å². The SMILES string of the molecule is Cc1cnc(-c2[c-]ccc3c2oc2c3ccc3c(C)c(C)sc32)cc1C.[Ir].[c-]1ccccc1-c1ccccn1. The number of rotatable bonds is 2. The summed E-state index contributed by atoms with van der Waals surface area (Å²) >= 11 is 1.81. The zero-order valence-corrected chi connectivity index (χ0v) is 25.3. The molecule has 0 unspecified atom stereocenters. The Balaban J connectivity index is 0.000000200. The minimum Gasteiger partial charge on any atom is -0.499 e. The van der Waals surface area contributed by atoms with Gasteiger partial charge in [0.2, 0.25) is 0 Å². The first-order valence-electron chi connectivity index (χ1n) is 12.6. The second kappa shape index (κ2) is 11.2. The average molecular weight is 703 g/mol. The number of aryl methyl sites for hydroxylation is 4. The van der Waals surface area contributed by atoms with Crippen molar-refractivity contribution in [1.82, 2.24) is 9.97 Å². The van der Waals surface area contributed by atoms with Gasteiger partial charge in [-0.15, -0.1) is 65.4 Å². The molecule has 3 nitrogen and oxygen atoms in total. The van der Waals surface area contributed by atoms with Crippen LogP contribution in [0.4, 0.5) is 0 Å². The Hall–Kier alpha value is -3.63. The molecule has 4 aromatic heterocycles. The maximum Gasteiger partial charge on any atom is 0.138 e.